The Morgan fingerprint density at radius 2 is 2.10 bits per heavy atom. The van der Waals surface area contributed by atoms with Crippen molar-refractivity contribution in [3.63, 3.8) is 0 Å². The van der Waals surface area contributed by atoms with Gasteiger partial charge in [0.25, 0.3) is 0 Å². The number of carbonyl (C=O) groups excluding carboxylic acids is 1. The van der Waals surface area contributed by atoms with Gasteiger partial charge < -0.3 is 15.1 Å². The number of nitrogens with zero attached hydrogens (tertiary/aromatic N) is 4. The van der Waals surface area contributed by atoms with Gasteiger partial charge in [0, 0.05) is 45.7 Å². The summed E-state index contributed by atoms with van der Waals surface area (Å²) >= 11 is 0. The van der Waals surface area contributed by atoms with Crippen molar-refractivity contribution in [2.75, 3.05) is 42.9 Å². The second-order valence-corrected chi connectivity index (χ2v) is 4.82. The molecule has 0 bridgehead atoms. The Bertz CT molecular complexity index is 494. The van der Waals surface area contributed by atoms with Gasteiger partial charge in [-0.15, -0.1) is 6.58 Å². The molecular formula is C14H21N5O. The third-order valence-electron chi connectivity index (χ3n) is 3.30. The number of piperazine rings is 1. The smallest absolute Gasteiger partial charge is 0.219 e. The van der Waals surface area contributed by atoms with E-state index in [4.69, 9.17) is 0 Å². The average molecular weight is 275 g/mol. The zero-order valence-corrected chi connectivity index (χ0v) is 12.1. The van der Waals surface area contributed by atoms with Gasteiger partial charge in [-0.1, -0.05) is 6.08 Å². The number of rotatable bonds is 4. The normalized spacial score (nSPS) is 15.1. The van der Waals surface area contributed by atoms with E-state index in [1.165, 1.54) is 0 Å². The van der Waals surface area contributed by atoms with E-state index in [2.05, 4.69) is 26.8 Å². The van der Waals surface area contributed by atoms with Crippen LogP contribution in [0, 0.1) is 6.92 Å². The van der Waals surface area contributed by atoms with Gasteiger partial charge in [0.05, 0.1) is 0 Å². The highest BCUT2D eigenvalue weighted by molar-refractivity contribution is 5.73. The third kappa shape index (κ3) is 3.46. The molecule has 0 unspecified atom stereocenters. The summed E-state index contributed by atoms with van der Waals surface area (Å²) in [6.45, 7) is 10.9. The van der Waals surface area contributed by atoms with E-state index in [0.29, 0.717) is 6.54 Å². The van der Waals surface area contributed by atoms with E-state index < -0.39 is 0 Å². The minimum Gasteiger partial charge on any atom is -0.366 e. The van der Waals surface area contributed by atoms with Crippen LogP contribution in [0.1, 0.15) is 12.7 Å². The quantitative estimate of drug-likeness (QED) is 0.832. The molecule has 1 fully saturated rings. The lowest BCUT2D eigenvalue weighted by molar-refractivity contribution is -0.129. The van der Waals surface area contributed by atoms with Gasteiger partial charge in [-0.05, 0) is 6.92 Å². The Hall–Kier alpha value is -2.11. The molecule has 1 aromatic rings. The number of aryl methyl sites for hydroxylation is 1. The number of nitrogens with one attached hydrogen (secondary N) is 1. The maximum Gasteiger partial charge on any atom is 0.219 e. The van der Waals surface area contributed by atoms with E-state index in [-0.39, 0.29) is 5.91 Å². The van der Waals surface area contributed by atoms with Crippen molar-refractivity contribution in [2.45, 2.75) is 13.8 Å². The first-order valence-corrected chi connectivity index (χ1v) is 6.81. The van der Waals surface area contributed by atoms with Gasteiger partial charge in [-0.2, -0.15) is 0 Å². The standard InChI is InChI=1S/C14H21N5O/c1-4-5-15-13-10-14(17-11(2)16-13)19-8-6-18(7-9-19)12(3)20/h4,10H,1,5-9H2,2-3H3,(H,15,16,17). The number of amides is 1. The van der Waals surface area contributed by atoms with Crippen LogP contribution in [-0.2, 0) is 4.79 Å². The SMILES string of the molecule is C=CCNc1cc(N2CCN(C(C)=O)CC2)nc(C)n1. The highest BCUT2D eigenvalue weighted by Gasteiger charge is 2.20. The van der Waals surface area contributed by atoms with Crippen LogP contribution in [0.3, 0.4) is 0 Å². The molecule has 108 valence electrons. The molecule has 1 N–H and O–H groups in total. The van der Waals surface area contributed by atoms with Crippen LogP contribution in [-0.4, -0.2) is 53.5 Å². The first-order valence-electron chi connectivity index (χ1n) is 6.81. The molecule has 0 saturated carbocycles. The minimum atomic E-state index is 0.136. The largest absolute Gasteiger partial charge is 0.366 e. The Balaban J connectivity index is 2.07. The summed E-state index contributed by atoms with van der Waals surface area (Å²) in [7, 11) is 0. The molecule has 0 atom stereocenters. The van der Waals surface area contributed by atoms with Crippen LogP contribution in [0.2, 0.25) is 0 Å². The van der Waals surface area contributed by atoms with Crippen LogP contribution < -0.4 is 10.2 Å². The van der Waals surface area contributed by atoms with Crippen molar-refractivity contribution in [3.05, 3.63) is 24.5 Å². The third-order valence-corrected chi connectivity index (χ3v) is 3.30. The number of anilines is 2. The van der Waals surface area contributed by atoms with E-state index in [9.17, 15) is 4.79 Å². The van der Waals surface area contributed by atoms with Crippen molar-refractivity contribution in [1.82, 2.24) is 14.9 Å². The molecule has 0 spiro atoms. The Morgan fingerprint density at radius 3 is 2.70 bits per heavy atom. The van der Waals surface area contributed by atoms with Crippen LogP contribution in [0.5, 0.6) is 0 Å². The lowest BCUT2D eigenvalue weighted by atomic mass is 10.3. The zero-order valence-electron chi connectivity index (χ0n) is 12.1. The maximum atomic E-state index is 11.3. The Kier molecular flexibility index (Phi) is 4.55. The molecule has 1 aliphatic heterocycles. The molecule has 6 nitrogen and oxygen atoms in total. The van der Waals surface area contributed by atoms with Crippen LogP contribution in [0.15, 0.2) is 18.7 Å². The van der Waals surface area contributed by atoms with Gasteiger partial charge in [0.2, 0.25) is 5.91 Å². The molecule has 2 heterocycles. The molecule has 1 aliphatic rings. The first-order chi connectivity index (χ1) is 9.60. The van der Waals surface area contributed by atoms with Crippen LogP contribution in [0.25, 0.3) is 0 Å². The van der Waals surface area contributed by atoms with Crippen LogP contribution in [0.4, 0.5) is 11.6 Å². The van der Waals surface area contributed by atoms with Crippen molar-refractivity contribution < 1.29 is 4.79 Å². The maximum absolute atomic E-state index is 11.3. The molecule has 0 radical (unpaired) electrons. The summed E-state index contributed by atoms with van der Waals surface area (Å²) in [6, 6.07) is 1.94. The van der Waals surface area contributed by atoms with E-state index in [1.807, 2.05) is 17.9 Å². The molecular weight excluding hydrogens is 254 g/mol. The fourth-order valence-corrected chi connectivity index (χ4v) is 2.23. The molecule has 1 amide bonds. The summed E-state index contributed by atoms with van der Waals surface area (Å²) < 4.78 is 0. The Morgan fingerprint density at radius 1 is 1.40 bits per heavy atom. The summed E-state index contributed by atoms with van der Waals surface area (Å²) in [5.74, 6) is 2.59. The van der Waals surface area contributed by atoms with Gasteiger partial charge in [-0.25, -0.2) is 9.97 Å². The number of carbonyl (C=O) groups is 1. The fraction of sp³-hybridized carbons (Fsp3) is 0.500. The monoisotopic (exact) mass is 275 g/mol. The van der Waals surface area contributed by atoms with Gasteiger partial charge in [0.1, 0.15) is 17.5 Å². The number of hydrogen-bond acceptors (Lipinski definition) is 5. The second kappa shape index (κ2) is 6.36. The summed E-state index contributed by atoms with van der Waals surface area (Å²) in [6.07, 6.45) is 1.79. The van der Waals surface area contributed by atoms with Crippen molar-refractivity contribution in [3.8, 4) is 0 Å². The van der Waals surface area contributed by atoms with Crippen LogP contribution >= 0.6 is 0 Å². The second-order valence-electron chi connectivity index (χ2n) is 4.82. The van der Waals surface area contributed by atoms with Gasteiger partial charge in [-0.3, -0.25) is 4.79 Å². The molecule has 1 saturated heterocycles. The summed E-state index contributed by atoms with van der Waals surface area (Å²) in [4.78, 5) is 24.2. The highest BCUT2D eigenvalue weighted by atomic mass is 16.2. The predicted molar refractivity (Wildman–Crippen MR) is 79.9 cm³/mol. The molecule has 0 aliphatic carbocycles. The molecule has 6 heteroatoms. The number of hydrogen-bond donors (Lipinski definition) is 1. The van der Waals surface area contributed by atoms with E-state index in [1.54, 1.807) is 13.0 Å². The minimum absolute atomic E-state index is 0.136. The molecule has 20 heavy (non-hydrogen) atoms. The zero-order chi connectivity index (χ0) is 14.5. The summed E-state index contributed by atoms with van der Waals surface area (Å²) in [5, 5.41) is 3.18. The summed E-state index contributed by atoms with van der Waals surface area (Å²) in [5.41, 5.74) is 0. The predicted octanol–water partition coefficient (Wildman–Crippen LogP) is 1.05. The van der Waals surface area contributed by atoms with E-state index >= 15 is 0 Å². The lowest BCUT2D eigenvalue weighted by Crippen LogP contribution is -2.48. The fourth-order valence-electron chi connectivity index (χ4n) is 2.23. The highest BCUT2D eigenvalue weighted by Crippen LogP contribution is 2.17. The average Bonchev–Trinajstić information content (AvgIpc) is 2.44. The Labute approximate surface area is 119 Å². The van der Waals surface area contributed by atoms with E-state index in [0.717, 1.165) is 43.6 Å². The number of aromatic nitrogens is 2. The van der Waals surface area contributed by atoms with Gasteiger partial charge >= 0.3 is 0 Å². The van der Waals surface area contributed by atoms with Crippen molar-refractivity contribution >= 4 is 17.5 Å². The molecule has 0 aromatic carbocycles. The van der Waals surface area contributed by atoms with Crippen molar-refractivity contribution in [2.24, 2.45) is 0 Å². The topological polar surface area (TPSA) is 61.4 Å². The molecule has 2 rings (SSSR count). The molecule has 1 aromatic heterocycles. The first kappa shape index (κ1) is 14.3. The van der Waals surface area contributed by atoms with Gasteiger partial charge in [0.15, 0.2) is 0 Å². The lowest BCUT2D eigenvalue weighted by Gasteiger charge is -2.35. The van der Waals surface area contributed by atoms with Crippen molar-refractivity contribution in [1.29, 1.82) is 0 Å².